The molecule has 0 unspecified atom stereocenters. The standard InChI is InChI=1S/C28H28N2O9S/c1-15-22(27(33)34)24(23(28(35)36)16(2)29-15)20-14-17(40(3,37)38)10-11-21(20)39-13-7-6-12-30-25(31)18-8-4-5-9-19(18)26(30)32/h4-5,8-11,14,24,29H,6-7,12-13H2,1-3H3,(H,33,34)(H,35,36)/p-2. The van der Waals surface area contributed by atoms with E-state index in [1.807, 2.05) is 0 Å². The van der Waals surface area contributed by atoms with E-state index >= 15 is 0 Å². The number of rotatable bonds is 10. The number of nitrogens with zero attached hydrogens (tertiary/aromatic N) is 1. The molecule has 2 aliphatic heterocycles. The lowest BCUT2D eigenvalue weighted by atomic mass is 9.80. The van der Waals surface area contributed by atoms with Crippen LogP contribution >= 0.6 is 0 Å². The molecule has 0 saturated heterocycles. The van der Waals surface area contributed by atoms with E-state index in [-0.39, 0.29) is 52.6 Å². The molecule has 4 rings (SSSR count). The number of nitrogens with one attached hydrogen (secondary N) is 1. The topological polar surface area (TPSA) is 173 Å². The molecule has 1 N–H and O–H groups in total. The van der Waals surface area contributed by atoms with Gasteiger partial charge in [0.05, 0.1) is 34.6 Å². The molecule has 0 radical (unpaired) electrons. The van der Waals surface area contributed by atoms with Crippen LogP contribution in [0.15, 0.2) is 69.9 Å². The first-order chi connectivity index (χ1) is 18.8. The van der Waals surface area contributed by atoms with Crippen molar-refractivity contribution in [2.45, 2.75) is 37.5 Å². The lowest BCUT2D eigenvalue weighted by Crippen LogP contribution is -2.40. The van der Waals surface area contributed by atoms with Gasteiger partial charge in [0.2, 0.25) is 0 Å². The summed E-state index contributed by atoms with van der Waals surface area (Å²) in [6, 6.07) is 10.3. The summed E-state index contributed by atoms with van der Waals surface area (Å²) in [6.45, 7) is 3.07. The fourth-order valence-electron chi connectivity index (χ4n) is 4.96. The highest BCUT2D eigenvalue weighted by Gasteiger charge is 2.35. The van der Waals surface area contributed by atoms with Crippen LogP contribution < -0.4 is 20.3 Å². The number of dihydropyridines is 1. The Bertz CT molecular complexity index is 1530. The highest BCUT2D eigenvalue weighted by Crippen LogP contribution is 2.42. The quantitative estimate of drug-likeness (QED) is 0.311. The van der Waals surface area contributed by atoms with Gasteiger partial charge < -0.3 is 29.9 Å². The van der Waals surface area contributed by atoms with E-state index < -0.39 is 38.8 Å². The number of carboxylic acids is 2. The second kappa shape index (κ2) is 11.0. The Morgan fingerprint density at radius 1 is 0.925 bits per heavy atom. The molecule has 210 valence electrons. The van der Waals surface area contributed by atoms with Crippen molar-refractivity contribution in [1.82, 2.24) is 10.2 Å². The number of amides is 2. The first-order valence-corrected chi connectivity index (χ1v) is 14.2. The Labute approximate surface area is 230 Å². The molecule has 2 amide bonds. The van der Waals surface area contributed by atoms with Gasteiger partial charge in [0.1, 0.15) is 5.75 Å². The number of aliphatic carboxylic acids is 2. The van der Waals surface area contributed by atoms with Gasteiger partial charge in [0.25, 0.3) is 11.8 Å². The summed E-state index contributed by atoms with van der Waals surface area (Å²) < 4.78 is 30.5. The van der Waals surface area contributed by atoms with Crippen molar-refractivity contribution in [3.63, 3.8) is 0 Å². The van der Waals surface area contributed by atoms with Crippen LogP contribution in [-0.2, 0) is 19.4 Å². The maximum absolute atomic E-state index is 12.6. The minimum atomic E-state index is -3.75. The number of sulfone groups is 1. The van der Waals surface area contributed by atoms with Crippen LogP contribution in [0.4, 0.5) is 0 Å². The maximum atomic E-state index is 12.6. The van der Waals surface area contributed by atoms with Crippen molar-refractivity contribution in [3.8, 4) is 5.75 Å². The molecule has 12 heteroatoms. The minimum Gasteiger partial charge on any atom is -0.545 e. The third-order valence-electron chi connectivity index (χ3n) is 6.83. The summed E-state index contributed by atoms with van der Waals surface area (Å²) in [4.78, 5) is 50.3. The number of fused-ring (bicyclic) bond motifs is 1. The van der Waals surface area contributed by atoms with Crippen molar-refractivity contribution >= 4 is 33.6 Å². The molecule has 40 heavy (non-hydrogen) atoms. The van der Waals surface area contributed by atoms with Crippen LogP contribution in [0.2, 0.25) is 0 Å². The smallest absolute Gasteiger partial charge is 0.261 e. The van der Waals surface area contributed by atoms with Crippen molar-refractivity contribution in [3.05, 3.63) is 81.7 Å². The summed E-state index contributed by atoms with van der Waals surface area (Å²) in [6.07, 6.45) is 1.73. The van der Waals surface area contributed by atoms with Crippen LogP contribution in [0.3, 0.4) is 0 Å². The molecule has 2 aliphatic rings. The molecule has 11 nitrogen and oxygen atoms in total. The summed E-state index contributed by atoms with van der Waals surface area (Å²) in [5.41, 5.74) is 0.160. The Kier molecular flexibility index (Phi) is 7.83. The molecular formula is C28H26N2O9S-2. The number of hydrogen-bond acceptors (Lipinski definition) is 10. The molecule has 2 aromatic carbocycles. The Balaban J connectivity index is 1.58. The zero-order valence-electron chi connectivity index (χ0n) is 22.0. The lowest BCUT2D eigenvalue weighted by molar-refractivity contribution is -0.300. The number of benzene rings is 2. The number of carbonyl (C=O) groups excluding carboxylic acids is 4. The van der Waals surface area contributed by atoms with Crippen molar-refractivity contribution < 1.29 is 42.5 Å². The summed E-state index contributed by atoms with van der Waals surface area (Å²) in [5, 5.41) is 26.9. The predicted molar refractivity (Wildman–Crippen MR) is 137 cm³/mol. The average Bonchev–Trinajstić information content (AvgIpc) is 3.11. The van der Waals surface area contributed by atoms with Gasteiger partial charge in [0.15, 0.2) is 9.84 Å². The van der Waals surface area contributed by atoms with Gasteiger partial charge in [-0.05, 0) is 57.0 Å². The van der Waals surface area contributed by atoms with E-state index in [0.29, 0.717) is 24.0 Å². The molecule has 0 atom stereocenters. The fraction of sp³-hybridized carbons (Fsp3) is 0.286. The zero-order chi connectivity index (χ0) is 29.4. The van der Waals surface area contributed by atoms with Gasteiger partial charge >= 0.3 is 0 Å². The monoisotopic (exact) mass is 566 g/mol. The normalized spacial score (nSPS) is 15.8. The summed E-state index contributed by atoms with van der Waals surface area (Å²) in [7, 11) is -3.75. The molecule has 0 aliphatic carbocycles. The molecule has 0 bridgehead atoms. The molecule has 2 aromatic rings. The number of unbranched alkanes of at least 4 members (excludes halogenated alkanes) is 1. The summed E-state index contributed by atoms with van der Waals surface area (Å²) in [5.74, 6) is -5.40. The minimum absolute atomic E-state index is 0.00173. The maximum Gasteiger partial charge on any atom is 0.261 e. The highest BCUT2D eigenvalue weighted by atomic mass is 32.2. The molecule has 0 fully saturated rings. The third kappa shape index (κ3) is 5.34. The first-order valence-electron chi connectivity index (χ1n) is 12.4. The number of imide groups is 1. The molecule has 2 heterocycles. The Morgan fingerprint density at radius 2 is 1.48 bits per heavy atom. The number of allylic oxidation sites excluding steroid dienone is 2. The largest absolute Gasteiger partial charge is 0.545 e. The van der Waals surface area contributed by atoms with Crippen molar-refractivity contribution in [1.29, 1.82) is 0 Å². The summed E-state index contributed by atoms with van der Waals surface area (Å²) >= 11 is 0. The number of ether oxygens (including phenoxy) is 1. The number of hydrogen-bond donors (Lipinski definition) is 1. The van der Waals surface area contributed by atoms with Crippen LogP contribution in [0, 0.1) is 0 Å². The van der Waals surface area contributed by atoms with Gasteiger partial charge in [-0.25, -0.2) is 8.42 Å². The van der Waals surface area contributed by atoms with Crippen LogP contribution in [0.25, 0.3) is 0 Å². The van der Waals surface area contributed by atoms with Crippen molar-refractivity contribution in [2.75, 3.05) is 19.4 Å². The van der Waals surface area contributed by atoms with Gasteiger partial charge in [-0.3, -0.25) is 14.5 Å². The lowest BCUT2D eigenvalue weighted by Gasteiger charge is -2.34. The van der Waals surface area contributed by atoms with Gasteiger partial charge in [-0.15, -0.1) is 0 Å². The third-order valence-corrected chi connectivity index (χ3v) is 7.94. The fourth-order valence-corrected chi connectivity index (χ4v) is 5.61. The number of carbonyl (C=O) groups is 4. The van der Waals surface area contributed by atoms with E-state index in [9.17, 15) is 37.8 Å². The van der Waals surface area contributed by atoms with Crippen molar-refractivity contribution in [2.24, 2.45) is 0 Å². The van der Waals surface area contributed by atoms with E-state index in [0.717, 1.165) is 11.2 Å². The number of carboxylic acid groups (broad SMARTS) is 2. The highest BCUT2D eigenvalue weighted by molar-refractivity contribution is 7.90. The molecule has 0 saturated carbocycles. The second-order valence-electron chi connectivity index (χ2n) is 9.55. The zero-order valence-corrected chi connectivity index (χ0v) is 22.8. The van der Waals surface area contributed by atoms with E-state index in [1.54, 1.807) is 24.3 Å². The van der Waals surface area contributed by atoms with E-state index in [4.69, 9.17) is 4.74 Å². The predicted octanol–water partition coefficient (Wildman–Crippen LogP) is 0.280. The molecule has 0 spiro atoms. The van der Waals surface area contributed by atoms with Gasteiger partial charge in [-0.1, -0.05) is 12.1 Å². The van der Waals surface area contributed by atoms with Crippen LogP contribution in [0.1, 0.15) is 58.9 Å². The van der Waals surface area contributed by atoms with Gasteiger partial charge in [-0.2, -0.15) is 0 Å². The average molecular weight is 567 g/mol. The van der Waals surface area contributed by atoms with E-state index in [1.165, 1.54) is 32.0 Å². The molecular weight excluding hydrogens is 540 g/mol. The molecule has 0 aromatic heterocycles. The second-order valence-corrected chi connectivity index (χ2v) is 11.6. The SMILES string of the molecule is CC1=C(C(=O)[O-])C(c2cc(S(C)(=O)=O)ccc2OCCCCN2C(=O)c3ccccc3C2=O)C(C(=O)[O-])=C(C)N1. The van der Waals surface area contributed by atoms with Crippen LogP contribution in [-0.4, -0.2) is 56.5 Å². The first kappa shape index (κ1) is 28.6. The van der Waals surface area contributed by atoms with Gasteiger partial charge in [0, 0.05) is 46.8 Å². The Hall–Kier alpha value is -4.45. The van der Waals surface area contributed by atoms with E-state index in [2.05, 4.69) is 5.32 Å². The Morgan fingerprint density at radius 3 is 1.98 bits per heavy atom. The van der Waals surface area contributed by atoms with Crippen LogP contribution in [0.5, 0.6) is 5.75 Å².